The van der Waals surface area contributed by atoms with Crippen molar-refractivity contribution in [2.24, 2.45) is 0 Å². The normalized spacial score (nSPS) is 23.5. The molecule has 0 spiro atoms. The molecule has 0 aliphatic carbocycles. The Bertz CT molecular complexity index is 384. The third-order valence-corrected chi connectivity index (χ3v) is 3.98. The molecular weight excluding hydrogens is 214 g/mol. The lowest BCUT2D eigenvalue weighted by molar-refractivity contribution is -0.0712. The van der Waals surface area contributed by atoms with Gasteiger partial charge in [0.1, 0.15) is 5.82 Å². The lowest BCUT2D eigenvalue weighted by atomic mass is 9.89. The van der Waals surface area contributed by atoms with Crippen molar-refractivity contribution < 1.29 is 4.74 Å². The lowest BCUT2D eigenvalue weighted by Crippen LogP contribution is -2.51. The second-order valence-electron chi connectivity index (χ2n) is 4.98. The van der Waals surface area contributed by atoms with Crippen molar-refractivity contribution in [2.75, 3.05) is 32.0 Å². The van der Waals surface area contributed by atoms with E-state index in [4.69, 9.17) is 10.5 Å². The SMILES string of the molecule is Nc1ncccc1C1CCN(C2COC2)CC1. The summed E-state index contributed by atoms with van der Waals surface area (Å²) >= 11 is 0. The molecule has 3 heterocycles. The molecule has 0 atom stereocenters. The number of nitrogen functional groups attached to an aromatic ring is 1. The van der Waals surface area contributed by atoms with Crippen molar-refractivity contribution in [1.29, 1.82) is 0 Å². The van der Waals surface area contributed by atoms with E-state index in [0.29, 0.717) is 17.8 Å². The zero-order valence-corrected chi connectivity index (χ0v) is 10.0. The fourth-order valence-corrected chi connectivity index (χ4v) is 2.78. The smallest absolute Gasteiger partial charge is 0.126 e. The van der Waals surface area contributed by atoms with Crippen LogP contribution in [-0.2, 0) is 4.74 Å². The van der Waals surface area contributed by atoms with Crippen LogP contribution < -0.4 is 5.73 Å². The van der Waals surface area contributed by atoms with Crippen LogP contribution in [0.25, 0.3) is 0 Å². The number of pyridine rings is 1. The van der Waals surface area contributed by atoms with Crippen LogP contribution in [0.4, 0.5) is 5.82 Å². The first kappa shape index (κ1) is 11.0. The van der Waals surface area contributed by atoms with Crippen LogP contribution in [0.1, 0.15) is 24.3 Å². The zero-order valence-electron chi connectivity index (χ0n) is 10.0. The Balaban J connectivity index is 1.63. The van der Waals surface area contributed by atoms with Gasteiger partial charge in [-0.25, -0.2) is 4.98 Å². The molecule has 4 nitrogen and oxygen atoms in total. The van der Waals surface area contributed by atoms with E-state index in [1.165, 1.54) is 18.4 Å². The highest BCUT2D eigenvalue weighted by Crippen LogP contribution is 2.31. The number of anilines is 1. The van der Waals surface area contributed by atoms with Gasteiger partial charge in [0.05, 0.1) is 19.3 Å². The minimum absolute atomic E-state index is 0.584. The number of hydrogen-bond donors (Lipinski definition) is 1. The first-order valence-electron chi connectivity index (χ1n) is 6.37. The van der Waals surface area contributed by atoms with E-state index in [9.17, 15) is 0 Å². The number of hydrogen-bond acceptors (Lipinski definition) is 4. The highest BCUT2D eigenvalue weighted by molar-refractivity contribution is 5.41. The average molecular weight is 233 g/mol. The first-order valence-corrected chi connectivity index (χ1v) is 6.37. The van der Waals surface area contributed by atoms with E-state index < -0.39 is 0 Å². The lowest BCUT2D eigenvalue weighted by Gasteiger charge is -2.41. The van der Waals surface area contributed by atoms with E-state index in [0.717, 1.165) is 26.3 Å². The van der Waals surface area contributed by atoms with Gasteiger partial charge >= 0.3 is 0 Å². The van der Waals surface area contributed by atoms with Gasteiger partial charge < -0.3 is 10.5 Å². The second kappa shape index (κ2) is 4.63. The Morgan fingerprint density at radius 2 is 2.06 bits per heavy atom. The summed E-state index contributed by atoms with van der Waals surface area (Å²) in [6.07, 6.45) is 4.14. The maximum Gasteiger partial charge on any atom is 0.126 e. The molecule has 17 heavy (non-hydrogen) atoms. The molecule has 3 rings (SSSR count). The fraction of sp³-hybridized carbons (Fsp3) is 0.615. The van der Waals surface area contributed by atoms with Crippen LogP contribution in [-0.4, -0.2) is 42.2 Å². The van der Waals surface area contributed by atoms with Crippen molar-refractivity contribution in [1.82, 2.24) is 9.88 Å². The van der Waals surface area contributed by atoms with Crippen molar-refractivity contribution in [3.05, 3.63) is 23.9 Å². The van der Waals surface area contributed by atoms with Crippen LogP contribution in [0.3, 0.4) is 0 Å². The number of nitrogens with two attached hydrogens (primary N) is 1. The zero-order chi connectivity index (χ0) is 11.7. The first-order chi connectivity index (χ1) is 8.34. The van der Waals surface area contributed by atoms with E-state index in [2.05, 4.69) is 16.0 Å². The molecule has 2 N–H and O–H groups in total. The molecule has 0 saturated carbocycles. The quantitative estimate of drug-likeness (QED) is 0.835. The Morgan fingerprint density at radius 3 is 2.65 bits per heavy atom. The molecule has 0 bridgehead atoms. The van der Waals surface area contributed by atoms with Crippen LogP contribution in [0, 0.1) is 0 Å². The topological polar surface area (TPSA) is 51.4 Å². The number of piperidine rings is 1. The summed E-state index contributed by atoms with van der Waals surface area (Å²) in [4.78, 5) is 6.73. The fourth-order valence-electron chi connectivity index (χ4n) is 2.78. The molecule has 2 aliphatic rings. The molecule has 0 aromatic carbocycles. The maximum atomic E-state index is 5.94. The summed E-state index contributed by atoms with van der Waals surface area (Å²) < 4.78 is 5.25. The van der Waals surface area contributed by atoms with Crippen LogP contribution >= 0.6 is 0 Å². The van der Waals surface area contributed by atoms with Crippen molar-refractivity contribution in [3.8, 4) is 0 Å². The van der Waals surface area contributed by atoms with E-state index in [1.54, 1.807) is 6.20 Å². The van der Waals surface area contributed by atoms with Crippen LogP contribution in [0.15, 0.2) is 18.3 Å². The summed E-state index contributed by atoms with van der Waals surface area (Å²) in [5, 5.41) is 0. The maximum absolute atomic E-state index is 5.94. The van der Waals surface area contributed by atoms with Crippen LogP contribution in [0.5, 0.6) is 0 Å². The molecule has 2 aliphatic heterocycles. The van der Waals surface area contributed by atoms with Gasteiger partial charge in [0.2, 0.25) is 0 Å². The van der Waals surface area contributed by atoms with Crippen molar-refractivity contribution >= 4 is 5.82 Å². The molecule has 0 radical (unpaired) electrons. The summed E-state index contributed by atoms with van der Waals surface area (Å²) in [6.45, 7) is 4.15. The van der Waals surface area contributed by atoms with E-state index in [-0.39, 0.29) is 0 Å². The largest absolute Gasteiger partial charge is 0.383 e. The van der Waals surface area contributed by atoms with E-state index in [1.807, 2.05) is 6.07 Å². The van der Waals surface area contributed by atoms with Gasteiger partial charge in [-0.15, -0.1) is 0 Å². The summed E-state index contributed by atoms with van der Waals surface area (Å²) in [6, 6.07) is 4.77. The second-order valence-corrected chi connectivity index (χ2v) is 4.98. The van der Waals surface area contributed by atoms with Crippen molar-refractivity contribution in [3.63, 3.8) is 0 Å². The average Bonchev–Trinajstić information content (AvgIpc) is 2.29. The molecule has 4 heteroatoms. The third-order valence-electron chi connectivity index (χ3n) is 3.98. The standard InChI is InChI=1S/C13H19N3O/c14-13-12(2-1-5-15-13)10-3-6-16(7-4-10)11-8-17-9-11/h1-2,5,10-11H,3-4,6-9H2,(H2,14,15). The van der Waals surface area contributed by atoms with Crippen LogP contribution in [0.2, 0.25) is 0 Å². The number of aromatic nitrogens is 1. The molecule has 2 saturated heterocycles. The minimum Gasteiger partial charge on any atom is -0.383 e. The van der Waals surface area contributed by atoms with Gasteiger partial charge in [0.25, 0.3) is 0 Å². The Morgan fingerprint density at radius 1 is 1.29 bits per heavy atom. The van der Waals surface area contributed by atoms with Crippen molar-refractivity contribution in [2.45, 2.75) is 24.8 Å². The van der Waals surface area contributed by atoms with Gasteiger partial charge in [-0.05, 0) is 43.5 Å². The summed E-state index contributed by atoms with van der Waals surface area (Å²) in [7, 11) is 0. The van der Waals surface area contributed by atoms with Gasteiger partial charge in [0.15, 0.2) is 0 Å². The molecular formula is C13H19N3O. The molecule has 2 fully saturated rings. The number of ether oxygens (including phenoxy) is 1. The summed E-state index contributed by atoms with van der Waals surface area (Å²) in [5.74, 6) is 1.29. The van der Waals surface area contributed by atoms with Gasteiger partial charge in [-0.2, -0.15) is 0 Å². The Labute approximate surface area is 102 Å². The summed E-state index contributed by atoms with van der Waals surface area (Å²) in [5.41, 5.74) is 7.17. The molecule has 1 aromatic rings. The minimum atomic E-state index is 0.584. The predicted molar refractivity (Wildman–Crippen MR) is 66.8 cm³/mol. The Hall–Kier alpha value is -1.13. The highest BCUT2D eigenvalue weighted by atomic mass is 16.5. The number of rotatable bonds is 2. The predicted octanol–water partition coefficient (Wildman–Crippen LogP) is 1.24. The van der Waals surface area contributed by atoms with Gasteiger partial charge in [-0.3, -0.25) is 4.90 Å². The Kier molecular flexibility index (Phi) is 2.99. The van der Waals surface area contributed by atoms with Gasteiger partial charge in [0, 0.05) is 6.20 Å². The molecule has 92 valence electrons. The van der Waals surface area contributed by atoms with E-state index >= 15 is 0 Å². The number of nitrogens with zero attached hydrogens (tertiary/aromatic N) is 2. The highest BCUT2D eigenvalue weighted by Gasteiger charge is 2.30. The number of likely N-dealkylation sites (tertiary alicyclic amines) is 1. The monoisotopic (exact) mass is 233 g/mol. The third kappa shape index (κ3) is 2.15. The molecule has 1 aromatic heterocycles. The molecule has 0 unspecified atom stereocenters. The molecule has 0 amide bonds. The van der Waals surface area contributed by atoms with Gasteiger partial charge in [-0.1, -0.05) is 6.07 Å².